The number of carbonyl (C=O) groups excluding carboxylic acids is 1. The summed E-state index contributed by atoms with van der Waals surface area (Å²) in [5, 5.41) is 17.1. The van der Waals surface area contributed by atoms with Gasteiger partial charge >= 0.3 is 6.09 Å². The zero-order valence-corrected chi connectivity index (χ0v) is 16.8. The lowest BCUT2D eigenvalue weighted by molar-refractivity contribution is 0.129. The summed E-state index contributed by atoms with van der Waals surface area (Å²) < 4.78 is 5.46. The molecule has 1 aromatic heterocycles. The summed E-state index contributed by atoms with van der Waals surface area (Å²) in [5.74, 6) is 0.835. The van der Waals surface area contributed by atoms with Crippen LogP contribution in [0, 0.1) is 23.2 Å². The van der Waals surface area contributed by atoms with Crippen molar-refractivity contribution in [3.05, 3.63) is 52.4 Å². The number of nitrogens with one attached hydrogen (secondary N) is 2. The van der Waals surface area contributed by atoms with Gasteiger partial charge in [0, 0.05) is 17.5 Å². The first-order valence-electron chi connectivity index (χ1n) is 9.93. The van der Waals surface area contributed by atoms with E-state index in [0.29, 0.717) is 16.8 Å². The Hall–Kier alpha value is -2.52. The number of rotatable bonds is 4. The van der Waals surface area contributed by atoms with Crippen LogP contribution < -0.4 is 10.6 Å². The van der Waals surface area contributed by atoms with Crippen molar-refractivity contribution >= 4 is 22.4 Å². The van der Waals surface area contributed by atoms with E-state index in [-0.39, 0.29) is 18.6 Å². The summed E-state index contributed by atoms with van der Waals surface area (Å²) >= 11 is 1.48. The minimum absolute atomic E-state index is 0.150. The highest BCUT2D eigenvalue weighted by atomic mass is 32.1. The van der Waals surface area contributed by atoms with Crippen LogP contribution in [0.25, 0.3) is 0 Å². The van der Waals surface area contributed by atoms with Crippen molar-refractivity contribution < 1.29 is 9.53 Å². The molecule has 1 saturated carbocycles. The highest BCUT2D eigenvalue weighted by Gasteiger charge is 2.40. The molecule has 1 aliphatic heterocycles. The van der Waals surface area contributed by atoms with Crippen LogP contribution in [-0.2, 0) is 11.3 Å². The third-order valence-corrected chi connectivity index (χ3v) is 6.98. The fraction of sp³-hybridized carbons (Fsp3) is 0.455. The van der Waals surface area contributed by atoms with Gasteiger partial charge in [0.25, 0.3) is 0 Å². The Bertz CT molecular complexity index is 868. The van der Waals surface area contributed by atoms with Gasteiger partial charge in [-0.3, -0.25) is 0 Å². The number of amides is 1. The van der Waals surface area contributed by atoms with Crippen LogP contribution in [0.1, 0.15) is 54.7 Å². The van der Waals surface area contributed by atoms with E-state index < -0.39 is 6.09 Å². The van der Waals surface area contributed by atoms with Gasteiger partial charge in [0.1, 0.15) is 17.6 Å². The molecule has 1 amide bonds. The molecule has 6 heteroatoms. The smallest absolute Gasteiger partial charge is 0.407 e. The molecule has 146 valence electrons. The van der Waals surface area contributed by atoms with Crippen molar-refractivity contribution in [2.24, 2.45) is 11.8 Å². The number of benzene rings is 1. The second kappa shape index (κ2) is 8.24. The van der Waals surface area contributed by atoms with E-state index in [0.717, 1.165) is 16.1 Å². The topological polar surface area (TPSA) is 74.1 Å². The van der Waals surface area contributed by atoms with E-state index in [2.05, 4.69) is 23.6 Å². The first-order chi connectivity index (χ1) is 13.7. The Morgan fingerprint density at radius 3 is 2.79 bits per heavy atom. The average molecular weight is 396 g/mol. The molecule has 1 aliphatic carbocycles. The van der Waals surface area contributed by atoms with Gasteiger partial charge in [0.15, 0.2) is 0 Å². The lowest BCUT2D eigenvalue weighted by Crippen LogP contribution is -2.46. The fourth-order valence-electron chi connectivity index (χ4n) is 4.54. The normalized spacial score (nSPS) is 24.1. The lowest BCUT2D eigenvalue weighted by atomic mass is 9.79. The standard InChI is InChI=1S/C22H25N3O2S/c1-14-19(16-9-5-6-10-16)24-21-18(11-17(12-23)28-21)20(14)25-22(26)27-13-15-7-3-2-4-8-15/h2-4,7-8,11,14,16,19-20,24H,5-6,9-10,13H2,1H3,(H,25,26). The highest BCUT2D eigenvalue weighted by Crippen LogP contribution is 2.46. The van der Waals surface area contributed by atoms with Gasteiger partial charge in [-0.25, -0.2) is 4.79 Å². The van der Waals surface area contributed by atoms with E-state index in [1.165, 1.54) is 37.0 Å². The number of hydrogen-bond donors (Lipinski definition) is 2. The summed E-state index contributed by atoms with van der Waals surface area (Å²) in [6, 6.07) is 14.0. The molecule has 2 N–H and O–H groups in total. The van der Waals surface area contributed by atoms with Crippen LogP contribution in [0.2, 0.25) is 0 Å². The molecule has 2 heterocycles. The minimum Gasteiger partial charge on any atom is -0.445 e. The van der Waals surface area contributed by atoms with E-state index in [4.69, 9.17) is 4.74 Å². The fourth-order valence-corrected chi connectivity index (χ4v) is 5.49. The summed E-state index contributed by atoms with van der Waals surface area (Å²) in [6.45, 7) is 2.43. The highest BCUT2D eigenvalue weighted by molar-refractivity contribution is 7.16. The molecule has 2 aliphatic rings. The van der Waals surface area contributed by atoms with Crippen LogP contribution in [0.15, 0.2) is 36.4 Å². The van der Waals surface area contributed by atoms with Crippen LogP contribution in [-0.4, -0.2) is 12.1 Å². The molecule has 0 saturated heterocycles. The van der Waals surface area contributed by atoms with E-state index in [9.17, 15) is 10.1 Å². The monoisotopic (exact) mass is 395 g/mol. The maximum atomic E-state index is 12.5. The number of nitrogens with zero attached hydrogens (tertiary/aromatic N) is 1. The van der Waals surface area contributed by atoms with Crippen LogP contribution in [0.5, 0.6) is 0 Å². The van der Waals surface area contributed by atoms with Gasteiger partial charge in [-0.15, -0.1) is 11.3 Å². The molecular formula is C22H25N3O2S. The lowest BCUT2D eigenvalue weighted by Gasteiger charge is -2.40. The zero-order valence-electron chi connectivity index (χ0n) is 16.0. The summed E-state index contributed by atoms with van der Waals surface area (Å²) in [7, 11) is 0. The summed E-state index contributed by atoms with van der Waals surface area (Å²) in [6.07, 6.45) is 4.57. The maximum Gasteiger partial charge on any atom is 0.407 e. The van der Waals surface area contributed by atoms with Crippen molar-refractivity contribution in [2.45, 2.75) is 51.3 Å². The van der Waals surface area contributed by atoms with Crippen LogP contribution in [0.3, 0.4) is 0 Å². The Morgan fingerprint density at radius 1 is 1.32 bits per heavy atom. The number of ether oxygens (including phenoxy) is 1. The number of hydrogen-bond acceptors (Lipinski definition) is 5. The Morgan fingerprint density at radius 2 is 2.07 bits per heavy atom. The maximum absolute atomic E-state index is 12.5. The van der Waals surface area contributed by atoms with E-state index in [1.54, 1.807) is 0 Å². The van der Waals surface area contributed by atoms with E-state index >= 15 is 0 Å². The predicted octanol–water partition coefficient (Wildman–Crippen LogP) is 5.21. The quantitative estimate of drug-likeness (QED) is 0.745. The van der Waals surface area contributed by atoms with Crippen molar-refractivity contribution in [3.8, 4) is 6.07 Å². The van der Waals surface area contributed by atoms with Gasteiger partial charge in [0.05, 0.1) is 11.0 Å². The van der Waals surface area contributed by atoms with Crippen molar-refractivity contribution in [3.63, 3.8) is 0 Å². The van der Waals surface area contributed by atoms with Gasteiger partial charge in [-0.1, -0.05) is 50.1 Å². The Kier molecular flexibility index (Phi) is 5.54. The zero-order chi connectivity index (χ0) is 19.5. The average Bonchev–Trinajstić information content (AvgIpc) is 3.38. The summed E-state index contributed by atoms with van der Waals surface area (Å²) in [5.41, 5.74) is 1.96. The minimum atomic E-state index is -0.413. The molecule has 3 unspecified atom stereocenters. The van der Waals surface area contributed by atoms with Gasteiger partial charge in [0.2, 0.25) is 0 Å². The van der Waals surface area contributed by atoms with Crippen LogP contribution in [0.4, 0.5) is 9.80 Å². The Balaban J connectivity index is 1.50. The molecule has 1 aromatic carbocycles. The van der Waals surface area contributed by atoms with Crippen molar-refractivity contribution in [1.29, 1.82) is 5.26 Å². The van der Waals surface area contributed by atoms with Gasteiger partial charge in [-0.2, -0.15) is 5.26 Å². The molecule has 3 atom stereocenters. The molecular weight excluding hydrogens is 370 g/mol. The van der Waals surface area contributed by atoms with Crippen molar-refractivity contribution in [2.75, 3.05) is 5.32 Å². The predicted molar refractivity (Wildman–Crippen MR) is 110 cm³/mol. The third kappa shape index (κ3) is 3.85. The molecule has 5 nitrogen and oxygen atoms in total. The Labute approximate surface area is 169 Å². The molecule has 2 aromatic rings. The largest absolute Gasteiger partial charge is 0.445 e. The number of thiophene rings is 1. The van der Waals surface area contributed by atoms with Crippen LogP contribution >= 0.6 is 11.3 Å². The van der Waals surface area contributed by atoms with E-state index in [1.807, 2.05) is 36.4 Å². The number of carbonyl (C=O) groups is 1. The molecule has 28 heavy (non-hydrogen) atoms. The number of anilines is 1. The van der Waals surface area contributed by atoms with Gasteiger partial charge < -0.3 is 15.4 Å². The van der Waals surface area contributed by atoms with Gasteiger partial charge in [-0.05, 0) is 30.4 Å². The number of fused-ring (bicyclic) bond motifs is 1. The SMILES string of the molecule is CC1C(NC(=O)OCc2ccccc2)c2cc(C#N)sc2NC1C1CCCC1. The second-order valence-corrected chi connectivity index (χ2v) is 8.82. The second-order valence-electron chi connectivity index (χ2n) is 7.76. The first kappa shape index (κ1) is 18.8. The molecule has 0 radical (unpaired) electrons. The first-order valence-corrected chi connectivity index (χ1v) is 10.7. The molecule has 4 rings (SSSR count). The van der Waals surface area contributed by atoms with Crippen molar-refractivity contribution in [1.82, 2.24) is 5.32 Å². The number of alkyl carbamates (subject to hydrolysis) is 1. The summed E-state index contributed by atoms with van der Waals surface area (Å²) in [4.78, 5) is 13.2. The molecule has 0 spiro atoms. The molecule has 1 fully saturated rings. The third-order valence-electron chi connectivity index (χ3n) is 5.99. The molecule has 0 bridgehead atoms. The number of nitriles is 1.